The van der Waals surface area contributed by atoms with Gasteiger partial charge in [0.15, 0.2) is 5.69 Å². The first-order valence-electron chi connectivity index (χ1n) is 4.87. The Morgan fingerprint density at radius 3 is 2.14 bits per heavy atom. The molecule has 3 nitrogen and oxygen atoms in total. The molecule has 0 saturated carbocycles. The fraction of sp³-hybridized carbons (Fsp3) is 0.900. The summed E-state index contributed by atoms with van der Waals surface area (Å²) in [6, 6.07) is 0.677. The van der Waals surface area contributed by atoms with Crippen LogP contribution in [0.15, 0.2) is 0 Å². The van der Waals surface area contributed by atoms with Crippen LogP contribution in [-0.4, -0.2) is 35.8 Å². The molecule has 0 rings (SSSR count). The molecule has 0 radical (unpaired) electrons. The van der Waals surface area contributed by atoms with Crippen molar-refractivity contribution in [1.29, 1.82) is 0 Å². The van der Waals surface area contributed by atoms with Crippen molar-refractivity contribution < 1.29 is 4.74 Å². The highest BCUT2D eigenvalue weighted by atomic mass is 35.5. The molecule has 82 valence electrons. The summed E-state index contributed by atoms with van der Waals surface area (Å²) in [5.41, 5.74) is -0.434. The van der Waals surface area contributed by atoms with Crippen molar-refractivity contribution >= 4 is 11.6 Å². The first kappa shape index (κ1) is 13.7. The van der Waals surface area contributed by atoms with E-state index in [2.05, 4.69) is 37.4 Å². The second-order valence-corrected chi connectivity index (χ2v) is 4.05. The summed E-state index contributed by atoms with van der Waals surface area (Å²) in [4.78, 5) is 5.27. The highest BCUT2D eigenvalue weighted by molar-refractivity contribution is 6.19. The summed E-state index contributed by atoms with van der Waals surface area (Å²) in [6.07, 6.45) is 0. The van der Waals surface area contributed by atoms with Gasteiger partial charge in [-0.2, -0.15) is 0 Å². The summed E-state index contributed by atoms with van der Waals surface area (Å²) in [5.74, 6) is 0. The molecule has 0 heterocycles. The van der Waals surface area contributed by atoms with Crippen LogP contribution >= 0.6 is 11.6 Å². The molecule has 0 aromatic heterocycles. The number of ether oxygens (including phenoxy) is 1. The third kappa shape index (κ3) is 4.80. The second kappa shape index (κ2) is 7.05. The van der Waals surface area contributed by atoms with Crippen LogP contribution in [0, 0.1) is 6.57 Å². The first-order chi connectivity index (χ1) is 6.50. The van der Waals surface area contributed by atoms with Crippen LogP contribution < -0.4 is 0 Å². The second-order valence-electron chi connectivity index (χ2n) is 3.68. The maximum Gasteiger partial charge on any atom is 0.237 e. The zero-order valence-corrected chi connectivity index (χ0v) is 10.1. The highest BCUT2D eigenvalue weighted by Gasteiger charge is 2.22. The molecule has 0 aromatic carbocycles. The predicted molar refractivity (Wildman–Crippen MR) is 59.2 cm³/mol. The summed E-state index contributed by atoms with van der Waals surface area (Å²) in [6.45, 7) is 15.7. The number of rotatable bonds is 6. The van der Waals surface area contributed by atoms with E-state index in [1.807, 2.05) is 0 Å². The van der Waals surface area contributed by atoms with Gasteiger partial charge in [-0.05, 0) is 27.7 Å². The zero-order chi connectivity index (χ0) is 11.1. The van der Waals surface area contributed by atoms with Crippen LogP contribution in [0.1, 0.15) is 27.7 Å². The van der Waals surface area contributed by atoms with Crippen LogP contribution in [-0.2, 0) is 4.74 Å². The average Bonchev–Trinajstić information content (AvgIpc) is 2.03. The van der Waals surface area contributed by atoms with Crippen molar-refractivity contribution in [1.82, 2.24) is 4.90 Å². The quantitative estimate of drug-likeness (QED) is 0.224. The molecular weight excluding hydrogens is 200 g/mol. The van der Waals surface area contributed by atoms with E-state index in [0.717, 1.165) is 0 Å². The number of hydrogen-bond acceptors (Lipinski definition) is 2. The summed E-state index contributed by atoms with van der Waals surface area (Å²) < 4.78 is 5.34. The van der Waals surface area contributed by atoms with Crippen LogP contribution in [0.5, 0.6) is 0 Å². The predicted octanol–water partition coefficient (Wildman–Crippen LogP) is 2.56. The Bertz CT molecular complexity index is 181. The van der Waals surface area contributed by atoms with E-state index in [0.29, 0.717) is 25.2 Å². The minimum atomic E-state index is -0.434. The van der Waals surface area contributed by atoms with E-state index in [1.54, 1.807) is 0 Å². The molecule has 0 aliphatic heterocycles. The number of hydrogen-bond donors (Lipinski definition) is 0. The minimum absolute atomic E-state index is 0.338. The first-order valence-corrected chi connectivity index (χ1v) is 5.30. The minimum Gasteiger partial charge on any atom is -0.341 e. The lowest BCUT2D eigenvalue weighted by Crippen LogP contribution is -2.43. The van der Waals surface area contributed by atoms with Crippen molar-refractivity contribution in [3.05, 3.63) is 11.4 Å². The van der Waals surface area contributed by atoms with Gasteiger partial charge in [0.05, 0.1) is 0 Å². The van der Waals surface area contributed by atoms with Gasteiger partial charge in [-0.3, -0.25) is 4.90 Å². The standard InChI is InChI=1S/C10H19ClN2O/c1-8(2)13(9(3)4)10(11)14-7-6-12-5/h8-10H,6-7H2,1-4H3. The third-order valence-electron chi connectivity index (χ3n) is 1.89. The summed E-state index contributed by atoms with van der Waals surface area (Å²) in [7, 11) is 0. The molecule has 0 fully saturated rings. The number of nitrogens with zero attached hydrogens (tertiary/aromatic N) is 2. The highest BCUT2D eigenvalue weighted by Crippen LogP contribution is 2.14. The molecule has 4 heteroatoms. The molecule has 0 saturated heterocycles. The fourth-order valence-corrected chi connectivity index (χ4v) is 1.89. The zero-order valence-electron chi connectivity index (χ0n) is 9.33. The number of halogens is 1. The van der Waals surface area contributed by atoms with Gasteiger partial charge in [-0.25, -0.2) is 6.57 Å². The van der Waals surface area contributed by atoms with Crippen molar-refractivity contribution in [2.75, 3.05) is 13.2 Å². The summed E-state index contributed by atoms with van der Waals surface area (Å²) >= 11 is 6.07. The van der Waals surface area contributed by atoms with Gasteiger partial charge >= 0.3 is 0 Å². The van der Waals surface area contributed by atoms with E-state index in [1.165, 1.54) is 0 Å². The van der Waals surface area contributed by atoms with Crippen molar-refractivity contribution in [3.63, 3.8) is 0 Å². The van der Waals surface area contributed by atoms with E-state index in [4.69, 9.17) is 22.9 Å². The molecule has 1 atom stereocenters. The van der Waals surface area contributed by atoms with Crippen LogP contribution in [0.25, 0.3) is 4.85 Å². The van der Waals surface area contributed by atoms with Gasteiger partial charge < -0.3 is 9.58 Å². The lowest BCUT2D eigenvalue weighted by Gasteiger charge is -2.33. The van der Waals surface area contributed by atoms with Crippen molar-refractivity contribution in [2.24, 2.45) is 0 Å². The molecule has 14 heavy (non-hydrogen) atoms. The van der Waals surface area contributed by atoms with Crippen LogP contribution in [0.2, 0.25) is 0 Å². The van der Waals surface area contributed by atoms with E-state index in [9.17, 15) is 0 Å². The van der Waals surface area contributed by atoms with Gasteiger partial charge in [0.2, 0.25) is 6.54 Å². The normalized spacial score (nSPS) is 13.6. The Labute approximate surface area is 91.8 Å². The molecule has 0 bridgehead atoms. The van der Waals surface area contributed by atoms with E-state index >= 15 is 0 Å². The molecule has 0 spiro atoms. The lowest BCUT2D eigenvalue weighted by molar-refractivity contribution is -0.0320. The fourth-order valence-electron chi connectivity index (χ4n) is 1.35. The Kier molecular flexibility index (Phi) is 6.90. The van der Waals surface area contributed by atoms with Crippen LogP contribution in [0.3, 0.4) is 0 Å². The SMILES string of the molecule is [C-]#[N+]CCOC(Cl)N(C(C)C)C(C)C. The van der Waals surface area contributed by atoms with E-state index < -0.39 is 5.69 Å². The largest absolute Gasteiger partial charge is 0.341 e. The molecule has 0 amide bonds. The average molecular weight is 219 g/mol. The van der Waals surface area contributed by atoms with Crippen LogP contribution in [0.4, 0.5) is 0 Å². The topological polar surface area (TPSA) is 16.8 Å². The van der Waals surface area contributed by atoms with Gasteiger partial charge in [-0.1, -0.05) is 11.6 Å². The van der Waals surface area contributed by atoms with Crippen molar-refractivity contribution in [2.45, 2.75) is 45.5 Å². The van der Waals surface area contributed by atoms with Gasteiger partial charge in [-0.15, -0.1) is 0 Å². The maximum atomic E-state index is 6.61. The van der Waals surface area contributed by atoms with Gasteiger partial charge in [0, 0.05) is 12.1 Å². The lowest BCUT2D eigenvalue weighted by atomic mass is 10.2. The molecule has 0 aliphatic rings. The maximum absolute atomic E-state index is 6.61. The molecule has 0 aliphatic carbocycles. The molecular formula is C10H19ClN2O. The third-order valence-corrected chi connectivity index (χ3v) is 2.24. The van der Waals surface area contributed by atoms with Gasteiger partial charge in [0.1, 0.15) is 6.61 Å². The van der Waals surface area contributed by atoms with Gasteiger partial charge in [0.25, 0.3) is 0 Å². The van der Waals surface area contributed by atoms with E-state index in [-0.39, 0.29) is 0 Å². The Balaban J connectivity index is 4.03. The number of alkyl halides is 1. The smallest absolute Gasteiger partial charge is 0.237 e. The molecule has 0 aromatic rings. The Hall–Kier alpha value is -0.300. The Morgan fingerprint density at radius 2 is 1.79 bits per heavy atom. The summed E-state index contributed by atoms with van der Waals surface area (Å²) in [5, 5.41) is 0. The molecule has 1 unspecified atom stereocenters. The van der Waals surface area contributed by atoms with Crippen molar-refractivity contribution in [3.8, 4) is 0 Å². The Morgan fingerprint density at radius 1 is 1.29 bits per heavy atom. The molecule has 0 N–H and O–H groups in total. The monoisotopic (exact) mass is 218 g/mol.